The fraction of sp³-hybridized carbons (Fsp3) is 0.625. The van der Waals surface area contributed by atoms with Crippen molar-refractivity contribution in [3.63, 3.8) is 0 Å². The van der Waals surface area contributed by atoms with Gasteiger partial charge < -0.3 is 9.47 Å². The Morgan fingerprint density at radius 2 is 1.84 bits per heavy atom. The van der Waals surface area contributed by atoms with Gasteiger partial charge in [0.15, 0.2) is 11.5 Å². The number of halogens is 1. The van der Waals surface area contributed by atoms with E-state index in [1.54, 1.807) is 7.11 Å². The van der Waals surface area contributed by atoms with Crippen LogP contribution in [0.5, 0.6) is 11.5 Å². The van der Waals surface area contributed by atoms with E-state index in [-0.39, 0.29) is 6.10 Å². The van der Waals surface area contributed by atoms with Crippen LogP contribution < -0.4 is 9.47 Å². The summed E-state index contributed by atoms with van der Waals surface area (Å²) in [6.07, 6.45) is 3.81. The van der Waals surface area contributed by atoms with E-state index in [1.165, 1.54) is 6.42 Å². The van der Waals surface area contributed by atoms with Crippen molar-refractivity contribution in [2.75, 3.05) is 7.11 Å². The van der Waals surface area contributed by atoms with Crippen LogP contribution in [0.4, 0.5) is 0 Å². The van der Waals surface area contributed by atoms with Gasteiger partial charge >= 0.3 is 0 Å². The van der Waals surface area contributed by atoms with E-state index in [0.29, 0.717) is 5.88 Å². The van der Waals surface area contributed by atoms with Crippen LogP contribution in [0, 0.1) is 11.8 Å². The third-order valence-electron chi connectivity index (χ3n) is 3.84. The maximum atomic E-state index is 6.23. The number of hydrogen-bond acceptors (Lipinski definition) is 2. The lowest BCUT2D eigenvalue weighted by atomic mass is 9.82. The van der Waals surface area contributed by atoms with Gasteiger partial charge in [0.25, 0.3) is 0 Å². The largest absolute Gasteiger partial charge is 0.493 e. The van der Waals surface area contributed by atoms with Crippen LogP contribution >= 0.6 is 11.6 Å². The van der Waals surface area contributed by atoms with Crippen LogP contribution in [-0.4, -0.2) is 13.2 Å². The average molecular weight is 283 g/mol. The molecule has 106 valence electrons. The summed E-state index contributed by atoms with van der Waals surface area (Å²) in [4.78, 5) is 0. The summed E-state index contributed by atoms with van der Waals surface area (Å²) in [5, 5.41) is 0. The summed E-state index contributed by atoms with van der Waals surface area (Å²) in [5.41, 5.74) is 1.01. The van der Waals surface area contributed by atoms with Gasteiger partial charge in [-0.15, -0.1) is 11.6 Å². The van der Waals surface area contributed by atoms with Crippen molar-refractivity contribution in [3.05, 3.63) is 23.8 Å². The molecule has 19 heavy (non-hydrogen) atoms. The first-order valence-electron chi connectivity index (χ1n) is 7.02. The van der Waals surface area contributed by atoms with Gasteiger partial charge in [-0.05, 0) is 37.2 Å². The van der Waals surface area contributed by atoms with E-state index < -0.39 is 0 Å². The molecule has 0 spiro atoms. The molecule has 1 aromatic carbocycles. The van der Waals surface area contributed by atoms with Crippen molar-refractivity contribution in [1.29, 1.82) is 0 Å². The average Bonchev–Trinajstić information content (AvgIpc) is 2.37. The van der Waals surface area contributed by atoms with Gasteiger partial charge in [-0.1, -0.05) is 26.0 Å². The minimum absolute atomic E-state index is 0.275. The second-order valence-electron chi connectivity index (χ2n) is 5.74. The zero-order chi connectivity index (χ0) is 13.8. The summed E-state index contributed by atoms with van der Waals surface area (Å²) in [7, 11) is 1.67. The highest BCUT2D eigenvalue weighted by Crippen LogP contribution is 2.37. The molecule has 2 unspecified atom stereocenters. The summed E-state index contributed by atoms with van der Waals surface area (Å²) in [5.74, 6) is 3.51. The van der Waals surface area contributed by atoms with E-state index in [1.807, 2.05) is 18.2 Å². The monoisotopic (exact) mass is 282 g/mol. The van der Waals surface area contributed by atoms with Crippen LogP contribution in [0.3, 0.4) is 0 Å². The summed E-state index contributed by atoms with van der Waals surface area (Å²) in [6, 6.07) is 5.89. The zero-order valence-corrected chi connectivity index (χ0v) is 12.7. The molecule has 1 aliphatic carbocycles. The smallest absolute Gasteiger partial charge is 0.165 e. The van der Waals surface area contributed by atoms with Crippen LogP contribution in [0.25, 0.3) is 0 Å². The summed E-state index contributed by atoms with van der Waals surface area (Å²) >= 11 is 6.00. The predicted molar refractivity (Wildman–Crippen MR) is 79.1 cm³/mol. The Labute approximate surface area is 121 Å². The number of methoxy groups -OCH3 is 1. The van der Waals surface area contributed by atoms with Gasteiger partial charge in [0.2, 0.25) is 0 Å². The predicted octanol–water partition coefficient (Wildman–Crippen LogP) is 4.64. The highest BCUT2D eigenvalue weighted by atomic mass is 35.5. The fourth-order valence-electron chi connectivity index (χ4n) is 3.10. The molecule has 1 aliphatic rings. The molecule has 1 fully saturated rings. The van der Waals surface area contributed by atoms with E-state index in [4.69, 9.17) is 21.1 Å². The van der Waals surface area contributed by atoms with Crippen molar-refractivity contribution in [3.8, 4) is 11.5 Å². The van der Waals surface area contributed by atoms with E-state index in [0.717, 1.165) is 41.7 Å². The molecule has 1 aromatic rings. The van der Waals surface area contributed by atoms with Gasteiger partial charge in [-0.2, -0.15) is 0 Å². The van der Waals surface area contributed by atoms with Crippen molar-refractivity contribution in [1.82, 2.24) is 0 Å². The standard InChI is InChI=1S/C16H23ClO2/c1-11-7-12(2)9-14(8-11)19-16-13(10-17)5-4-6-15(16)18-3/h4-6,11-12,14H,7-10H2,1-3H3. The number of alkyl halides is 1. The fourth-order valence-corrected chi connectivity index (χ4v) is 3.31. The number of hydrogen-bond donors (Lipinski definition) is 0. The lowest BCUT2D eigenvalue weighted by Gasteiger charge is -2.32. The van der Waals surface area contributed by atoms with Crippen LogP contribution in [0.1, 0.15) is 38.7 Å². The Morgan fingerprint density at radius 3 is 2.42 bits per heavy atom. The summed E-state index contributed by atoms with van der Waals surface area (Å²) in [6.45, 7) is 4.60. The van der Waals surface area contributed by atoms with Crippen molar-refractivity contribution in [2.45, 2.75) is 45.1 Å². The Kier molecular flexibility index (Phi) is 4.98. The molecule has 1 saturated carbocycles. The van der Waals surface area contributed by atoms with Crippen molar-refractivity contribution in [2.24, 2.45) is 11.8 Å². The third-order valence-corrected chi connectivity index (χ3v) is 4.13. The normalized spacial score (nSPS) is 27.1. The second-order valence-corrected chi connectivity index (χ2v) is 6.01. The van der Waals surface area contributed by atoms with E-state index >= 15 is 0 Å². The minimum atomic E-state index is 0.275. The zero-order valence-electron chi connectivity index (χ0n) is 12.0. The molecule has 2 rings (SSSR count). The first-order chi connectivity index (χ1) is 9.13. The topological polar surface area (TPSA) is 18.5 Å². The van der Waals surface area contributed by atoms with Crippen LogP contribution in [0.15, 0.2) is 18.2 Å². The Hall–Kier alpha value is -0.890. The molecule has 0 bridgehead atoms. The number of benzene rings is 1. The molecule has 0 N–H and O–H groups in total. The highest BCUT2D eigenvalue weighted by molar-refractivity contribution is 6.17. The lowest BCUT2D eigenvalue weighted by molar-refractivity contribution is 0.0972. The Balaban J connectivity index is 2.17. The third kappa shape index (κ3) is 3.56. The van der Waals surface area contributed by atoms with Gasteiger partial charge in [0.1, 0.15) is 0 Å². The number of ether oxygens (including phenoxy) is 2. The molecular formula is C16H23ClO2. The molecule has 0 heterocycles. The molecule has 0 aliphatic heterocycles. The number of para-hydroxylation sites is 1. The first kappa shape index (κ1) is 14.5. The SMILES string of the molecule is COc1cccc(CCl)c1OC1CC(C)CC(C)C1. The summed E-state index contributed by atoms with van der Waals surface area (Å²) < 4.78 is 11.6. The lowest BCUT2D eigenvalue weighted by Crippen LogP contribution is -2.28. The van der Waals surface area contributed by atoms with Gasteiger partial charge in [0.05, 0.1) is 19.1 Å². The molecule has 3 heteroatoms. The second kappa shape index (κ2) is 6.51. The quantitative estimate of drug-likeness (QED) is 0.749. The van der Waals surface area contributed by atoms with E-state index in [2.05, 4.69) is 13.8 Å². The molecule has 0 saturated heterocycles. The van der Waals surface area contributed by atoms with E-state index in [9.17, 15) is 0 Å². The Bertz CT molecular complexity index is 387. The molecule has 0 aromatic heterocycles. The molecule has 2 nitrogen and oxygen atoms in total. The molecule has 0 radical (unpaired) electrons. The molecular weight excluding hydrogens is 260 g/mol. The van der Waals surface area contributed by atoms with Crippen LogP contribution in [0.2, 0.25) is 0 Å². The Morgan fingerprint density at radius 1 is 1.16 bits per heavy atom. The van der Waals surface area contributed by atoms with Gasteiger partial charge in [-0.25, -0.2) is 0 Å². The maximum absolute atomic E-state index is 6.23. The van der Waals surface area contributed by atoms with Crippen molar-refractivity contribution < 1.29 is 9.47 Å². The maximum Gasteiger partial charge on any atom is 0.165 e. The van der Waals surface area contributed by atoms with Gasteiger partial charge in [0, 0.05) is 5.56 Å². The highest BCUT2D eigenvalue weighted by Gasteiger charge is 2.26. The minimum Gasteiger partial charge on any atom is -0.493 e. The molecule has 0 amide bonds. The first-order valence-corrected chi connectivity index (χ1v) is 7.56. The van der Waals surface area contributed by atoms with Crippen molar-refractivity contribution >= 4 is 11.6 Å². The van der Waals surface area contributed by atoms with Crippen LogP contribution in [-0.2, 0) is 5.88 Å². The van der Waals surface area contributed by atoms with Gasteiger partial charge in [-0.3, -0.25) is 0 Å². The molecule has 2 atom stereocenters. The number of rotatable bonds is 4.